The van der Waals surface area contributed by atoms with Crippen molar-refractivity contribution >= 4 is 23.5 Å². The zero-order chi connectivity index (χ0) is 19.7. The lowest BCUT2D eigenvalue weighted by molar-refractivity contribution is 0.0824. The van der Waals surface area contributed by atoms with Crippen LogP contribution in [0.25, 0.3) is 0 Å². The van der Waals surface area contributed by atoms with Crippen LogP contribution in [-0.4, -0.2) is 46.0 Å². The predicted molar refractivity (Wildman–Crippen MR) is 107 cm³/mol. The summed E-state index contributed by atoms with van der Waals surface area (Å²) in [5, 5.41) is 3.90. The SMILES string of the molecule is COc1nc(N)ncc1C(=O)NC1C[C@H]2CC[C@@H](C1)N2Cc1ccc(Cl)cc1. The number of nitrogens with two attached hydrogens (primary N) is 1. The zero-order valence-electron chi connectivity index (χ0n) is 15.8. The van der Waals surface area contributed by atoms with E-state index in [2.05, 4.69) is 32.3 Å². The number of carbonyl (C=O) groups is 1. The lowest BCUT2D eigenvalue weighted by atomic mass is 9.96. The standard InChI is InChI=1S/C20H24ClN5O2/c1-28-19-17(10-23-20(22)25-19)18(27)24-14-8-15-6-7-16(9-14)26(15)11-12-2-4-13(21)5-3-12/h2-5,10,14-16H,6-9,11H2,1H3,(H,24,27)(H2,22,23,25)/t14?,15-,16+. The summed E-state index contributed by atoms with van der Waals surface area (Å²) in [6, 6.07) is 9.13. The molecule has 2 saturated heterocycles. The Morgan fingerprint density at radius 2 is 1.96 bits per heavy atom. The second-order valence-electron chi connectivity index (χ2n) is 7.48. The van der Waals surface area contributed by atoms with Crippen LogP contribution in [0.2, 0.25) is 5.02 Å². The molecule has 2 bridgehead atoms. The quantitative estimate of drug-likeness (QED) is 0.800. The normalized spacial score (nSPS) is 24.1. The lowest BCUT2D eigenvalue weighted by Crippen LogP contribution is -2.50. The molecule has 1 unspecified atom stereocenters. The van der Waals surface area contributed by atoms with Crippen LogP contribution in [0.5, 0.6) is 5.88 Å². The number of carbonyl (C=O) groups excluding carboxylic acids is 1. The van der Waals surface area contributed by atoms with Gasteiger partial charge in [-0.2, -0.15) is 4.98 Å². The van der Waals surface area contributed by atoms with E-state index in [-0.39, 0.29) is 23.8 Å². The van der Waals surface area contributed by atoms with Crippen molar-refractivity contribution in [3.8, 4) is 5.88 Å². The fourth-order valence-corrected chi connectivity index (χ4v) is 4.53. The Balaban J connectivity index is 1.40. The maximum atomic E-state index is 12.7. The van der Waals surface area contributed by atoms with Crippen LogP contribution in [0.15, 0.2) is 30.5 Å². The number of fused-ring (bicyclic) bond motifs is 2. The number of nitrogens with one attached hydrogen (secondary N) is 1. The Morgan fingerprint density at radius 3 is 2.61 bits per heavy atom. The highest BCUT2D eigenvalue weighted by Gasteiger charge is 2.41. The molecule has 0 radical (unpaired) electrons. The molecular formula is C20H24ClN5O2. The van der Waals surface area contributed by atoms with Gasteiger partial charge in [0.15, 0.2) is 0 Å². The number of benzene rings is 1. The number of amides is 1. The Morgan fingerprint density at radius 1 is 1.29 bits per heavy atom. The molecule has 3 heterocycles. The average molecular weight is 402 g/mol. The van der Waals surface area contributed by atoms with Crippen molar-refractivity contribution in [3.05, 3.63) is 46.6 Å². The van der Waals surface area contributed by atoms with Crippen molar-refractivity contribution in [1.82, 2.24) is 20.2 Å². The van der Waals surface area contributed by atoms with Crippen molar-refractivity contribution in [1.29, 1.82) is 0 Å². The number of nitrogen functional groups attached to an aromatic ring is 1. The van der Waals surface area contributed by atoms with Crippen molar-refractivity contribution in [2.24, 2.45) is 0 Å². The first-order chi connectivity index (χ1) is 13.5. The molecule has 4 rings (SSSR count). The second kappa shape index (κ2) is 7.93. The van der Waals surface area contributed by atoms with E-state index in [1.807, 2.05) is 12.1 Å². The Labute approximate surface area is 169 Å². The van der Waals surface area contributed by atoms with Gasteiger partial charge in [0, 0.05) is 35.9 Å². The fourth-order valence-electron chi connectivity index (χ4n) is 4.40. The van der Waals surface area contributed by atoms with Crippen molar-refractivity contribution in [3.63, 3.8) is 0 Å². The van der Waals surface area contributed by atoms with Crippen molar-refractivity contribution in [2.45, 2.75) is 50.4 Å². The summed E-state index contributed by atoms with van der Waals surface area (Å²) in [5.41, 5.74) is 7.16. The molecule has 1 aromatic carbocycles. The summed E-state index contributed by atoms with van der Waals surface area (Å²) in [4.78, 5) is 23.2. The summed E-state index contributed by atoms with van der Waals surface area (Å²) in [6.07, 6.45) is 5.63. The van der Waals surface area contributed by atoms with Crippen molar-refractivity contribution in [2.75, 3.05) is 12.8 Å². The Bertz CT molecular complexity index is 846. The largest absolute Gasteiger partial charge is 0.480 e. The van der Waals surface area contributed by atoms with Crippen LogP contribution in [0.1, 0.15) is 41.6 Å². The number of anilines is 1. The van der Waals surface area contributed by atoms with Crippen LogP contribution in [0.3, 0.4) is 0 Å². The van der Waals surface area contributed by atoms with Crippen LogP contribution in [0, 0.1) is 0 Å². The molecule has 2 fully saturated rings. The van der Waals surface area contributed by atoms with Gasteiger partial charge in [-0.15, -0.1) is 0 Å². The van der Waals surface area contributed by atoms with Gasteiger partial charge in [0.05, 0.1) is 7.11 Å². The van der Waals surface area contributed by atoms with E-state index in [0.29, 0.717) is 17.6 Å². The summed E-state index contributed by atoms with van der Waals surface area (Å²) in [7, 11) is 1.47. The minimum Gasteiger partial charge on any atom is -0.480 e. The van der Waals surface area contributed by atoms with Gasteiger partial charge in [-0.05, 0) is 43.4 Å². The average Bonchev–Trinajstić information content (AvgIpc) is 2.91. The third kappa shape index (κ3) is 3.91. The molecule has 2 aliphatic heterocycles. The van der Waals surface area contributed by atoms with Crippen LogP contribution >= 0.6 is 11.6 Å². The number of nitrogens with zero attached hydrogens (tertiary/aromatic N) is 3. The van der Waals surface area contributed by atoms with E-state index in [4.69, 9.17) is 22.1 Å². The molecule has 0 aliphatic carbocycles. The molecule has 3 N–H and O–H groups in total. The zero-order valence-corrected chi connectivity index (χ0v) is 16.5. The van der Waals surface area contributed by atoms with E-state index >= 15 is 0 Å². The molecule has 7 nitrogen and oxygen atoms in total. The molecule has 1 aromatic heterocycles. The van der Waals surface area contributed by atoms with Gasteiger partial charge < -0.3 is 15.8 Å². The van der Waals surface area contributed by atoms with Gasteiger partial charge in [-0.1, -0.05) is 23.7 Å². The third-order valence-electron chi connectivity index (χ3n) is 5.71. The second-order valence-corrected chi connectivity index (χ2v) is 7.91. The lowest BCUT2D eigenvalue weighted by Gasteiger charge is -2.39. The van der Waals surface area contributed by atoms with Gasteiger partial charge in [0.25, 0.3) is 5.91 Å². The molecule has 0 spiro atoms. The molecule has 1 amide bonds. The topological polar surface area (TPSA) is 93.4 Å². The van der Waals surface area contributed by atoms with Crippen LogP contribution in [0.4, 0.5) is 5.95 Å². The number of hydrogen-bond donors (Lipinski definition) is 2. The maximum absolute atomic E-state index is 12.7. The molecule has 8 heteroatoms. The molecular weight excluding hydrogens is 378 g/mol. The third-order valence-corrected chi connectivity index (χ3v) is 5.96. The Kier molecular flexibility index (Phi) is 5.37. The highest BCUT2D eigenvalue weighted by atomic mass is 35.5. The van der Waals surface area contributed by atoms with E-state index < -0.39 is 0 Å². The minimum atomic E-state index is -0.215. The number of piperidine rings is 1. The van der Waals surface area contributed by atoms with Crippen molar-refractivity contribution < 1.29 is 9.53 Å². The number of ether oxygens (including phenoxy) is 1. The number of hydrogen-bond acceptors (Lipinski definition) is 6. The van der Waals surface area contributed by atoms with Gasteiger partial charge in [-0.25, -0.2) is 4.98 Å². The van der Waals surface area contributed by atoms with E-state index in [9.17, 15) is 4.79 Å². The molecule has 0 saturated carbocycles. The maximum Gasteiger partial charge on any atom is 0.258 e. The summed E-state index contributed by atoms with van der Waals surface area (Å²) < 4.78 is 5.17. The van der Waals surface area contributed by atoms with E-state index in [1.54, 1.807) is 0 Å². The monoisotopic (exact) mass is 401 g/mol. The molecule has 2 aromatic rings. The summed E-state index contributed by atoms with van der Waals surface area (Å²) in [5.74, 6) is 0.0718. The first kappa shape index (κ1) is 19.0. The van der Waals surface area contributed by atoms with Gasteiger partial charge in [-0.3, -0.25) is 9.69 Å². The van der Waals surface area contributed by atoms with Gasteiger partial charge >= 0.3 is 0 Å². The minimum absolute atomic E-state index is 0.0851. The first-order valence-electron chi connectivity index (χ1n) is 9.51. The van der Waals surface area contributed by atoms with Gasteiger partial charge in [0.2, 0.25) is 11.8 Å². The highest BCUT2D eigenvalue weighted by molar-refractivity contribution is 6.30. The molecule has 2 aliphatic rings. The summed E-state index contributed by atoms with van der Waals surface area (Å²) >= 11 is 5.99. The summed E-state index contributed by atoms with van der Waals surface area (Å²) in [6.45, 7) is 0.923. The first-order valence-corrected chi connectivity index (χ1v) is 9.89. The smallest absolute Gasteiger partial charge is 0.258 e. The molecule has 28 heavy (non-hydrogen) atoms. The Hall–Kier alpha value is -2.38. The van der Waals surface area contributed by atoms with E-state index in [1.165, 1.54) is 31.7 Å². The van der Waals surface area contributed by atoms with Crippen LogP contribution in [-0.2, 0) is 6.54 Å². The number of aromatic nitrogens is 2. The predicted octanol–water partition coefficient (Wildman–Crippen LogP) is 2.65. The van der Waals surface area contributed by atoms with Gasteiger partial charge in [0.1, 0.15) is 5.56 Å². The molecule has 148 valence electrons. The van der Waals surface area contributed by atoms with E-state index in [0.717, 1.165) is 24.4 Å². The number of methoxy groups -OCH3 is 1. The highest BCUT2D eigenvalue weighted by Crippen LogP contribution is 2.37. The van der Waals surface area contributed by atoms with Crippen LogP contribution < -0.4 is 15.8 Å². The number of rotatable bonds is 5. The molecule has 3 atom stereocenters. The number of halogens is 1. The fraction of sp³-hybridized carbons (Fsp3) is 0.450.